The van der Waals surface area contributed by atoms with Gasteiger partial charge in [0.15, 0.2) is 0 Å². The summed E-state index contributed by atoms with van der Waals surface area (Å²) in [6.07, 6.45) is 0. The molecule has 30 heavy (non-hydrogen) atoms. The Balaban J connectivity index is 1.65. The van der Waals surface area contributed by atoms with Gasteiger partial charge in [0.1, 0.15) is 6.04 Å². The summed E-state index contributed by atoms with van der Waals surface area (Å²) in [6.45, 7) is 1.48. The first kappa shape index (κ1) is 19.7. The van der Waals surface area contributed by atoms with Gasteiger partial charge < -0.3 is 15.1 Å². The number of carbonyl (C=O) groups is 1. The van der Waals surface area contributed by atoms with E-state index in [4.69, 9.17) is 16.0 Å². The van der Waals surface area contributed by atoms with Crippen LogP contribution in [0.5, 0.6) is 0 Å². The fraction of sp³-hybridized carbons (Fsp3) is 0.0870. The van der Waals surface area contributed by atoms with Crippen LogP contribution in [0.2, 0.25) is 5.02 Å². The van der Waals surface area contributed by atoms with E-state index in [-0.39, 0.29) is 11.9 Å². The standard InChI is InChI=1S/C23H19ClN4O2/c1-15(29)25-17-11-13-18(14-12-17)26-21(16-7-3-2-4-8-16)23-28-27-22(30-23)19-9-5-6-10-20(19)24/h2-14,21,26H,1H3,(H,25,29)/t21-/m1/s1. The Morgan fingerprint density at radius 2 is 1.57 bits per heavy atom. The van der Waals surface area contributed by atoms with Crippen LogP contribution in [0.25, 0.3) is 11.5 Å². The van der Waals surface area contributed by atoms with Crippen LogP contribution < -0.4 is 10.6 Å². The van der Waals surface area contributed by atoms with Crippen LogP contribution >= 0.6 is 11.6 Å². The Labute approximate surface area is 178 Å². The summed E-state index contributed by atoms with van der Waals surface area (Å²) in [5.74, 6) is 0.664. The zero-order valence-electron chi connectivity index (χ0n) is 16.2. The molecule has 4 aromatic rings. The maximum Gasteiger partial charge on any atom is 0.249 e. The lowest BCUT2D eigenvalue weighted by atomic mass is 10.1. The highest BCUT2D eigenvalue weighted by molar-refractivity contribution is 6.33. The van der Waals surface area contributed by atoms with Crippen LogP contribution in [0.3, 0.4) is 0 Å². The molecule has 0 aliphatic rings. The second-order valence-electron chi connectivity index (χ2n) is 6.67. The molecule has 1 heterocycles. The first-order valence-electron chi connectivity index (χ1n) is 9.37. The lowest BCUT2D eigenvalue weighted by Gasteiger charge is -2.17. The van der Waals surface area contributed by atoms with Crippen molar-refractivity contribution >= 4 is 28.9 Å². The largest absolute Gasteiger partial charge is 0.418 e. The molecule has 1 atom stereocenters. The molecule has 0 saturated carbocycles. The van der Waals surface area contributed by atoms with Gasteiger partial charge in [-0.1, -0.05) is 54.1 Å². The van der Waals surface area contributed by atoms with Crippen LogP contribution in [0.4, 0.5) is 11.4 Å². The zero-order chi connectivity index (χ0) is 20.9. The molecule has 3 aromatic carbocycles. The van der Waals surface area contributed by atoms with E-state index in [0.29, 0.717) is 22.4 Å². The SMILES string of the molecule is CC(=O)Nc1ccc(N[C@H](c2ccccc2)c2nnc(-c3ccccc3Cl)o2)cc1. The highest BCUT2D eigenvalue weighted by Gasteiger charge is 2.22. The van der Waals surface area contributed by atoms with Crippen LogP contribution in [0.15, 0.2) is 83.3 Å². The number of nitrogens with zero attached hydrogens (tertiary/aromatic N) is 2. The summed E-state index contributed by atoms with van der Waals surface area (Å²) in [6, 6.07) is 24.2. The topological polar surface area (TPSA) is 80.0 Å². The van der Waals surface area contributed by atoms with Gasteiger partial charge in [-0.3, -0.25) is 4.79 Å². The van der Waals surface area contributed by atoms with Gasteiger partial charge in [-0.2, -0.15) is 0 Å². The molecule has 0 aliphatic heterocycles. The van der Waals surface area contributed by atoms with E-state index in [0.717, 1.165) is 16.9 Å². The van der Waals surface area contributed by atoms with Crippen LogP contribution in [-0.4, -0.2) is 16.1 Å². The average molecular weight is 419 g/mol. The van der Waals surface area contributed by atoms with E-state index in [1.807, 2.05) is 72.8 Å². The third kappa shape index (κ3) is 4.50. The Morgan fingerprint density at radius 3 is 2.27 bits per heavy atom. The number of halogens is 1. The molecule has 6 nitrogen and oxygen atoms in total. The first-order chi connectivity index (χ1) is 14.6. The smallest absolute Gasteiger partial charge is 0.249 e. The maximum absolute atomic E-state index is 11.2. The van der Waals surface area contributed by atoms with Crippen molar-refractivity contribution < 1.29 is 9.21 Å². The van der Waals surface area contributed by atoms with Gasteiger partial charge in [0.25, 0.3) is 0 Å². The number of hydrogen-bond acceptors (Lipinski definition) is 5. The fourth-order valence-electron chi connectivity index (χ4n) is 3.05. The van der Waals surface area contributed by atoms with Gasteiger partial charge in [-0.25, -0.2) is 0 Å². The van der Waals surface area contributed by atoms with Crippen molar-refractivity contribution in [3.05, 3.63) is 95.3 Å². The van der Waals surface area contributed by atoms with E-state index >= 15 is 0 Å². The second-order valence-corrected chi connectivity index (χ2v) is 7.08. The molecule has 0 bridgehead atoms. The van der Waals surface area contributed by atoms with Crippen molar-refractivity contribution in [2.24, 2.45) is 0 Å². The van der Waals surface area contributed by atoms with Crippen molar-refractivity contribution in [3.63, 3.8) is 0 Å². The van der Waals surface area contributed by atoms with Crippen molar-refractivity contribution in [2.45, 2.75) is 13.0 Å². The van der Waals surface area contributed by atoms with Crippen molar-refractivity contribution in [3.8, 4) is 11.5 Å². The minimum absolute atomic E-state index is 0.115. The summed E-state index contributed by atoms with van der Waals surface area (Å²) in [5, 5.41) is 15.2. The van der Waals surface area contributed by atoms with Gasteiger partial charge in [0.05, 0.1) is 10.6 Å². The van der Waals surface area contributed by atoms with Crippen molar-refractivity contribution in [1.29, 1.82) is 0 Å². The number of hydrogen-bond donors (Lipinski definition) is 2. The quantitative estimate of drug-likeness (QED) is 0.429. The number of anilines is 2. The molecule has 0 radical (unpaired) electrons. The van der Waals surface area contributed by atoms with Gasteiger partial charge in [0.2, 0.25) is 17.7 Å². The lowest BCUT2D eigenvalue weighted by Crippen LogP contribution is -2.13. The van der Waals surface area contributed by atoms with Crippen LogP contribution in [-0.2, 0) is 4.79 Å². The number of amides is 1. The molecular formula is C23H19ClN4O2. The predicted octanol–water partition coefficient (Wildman–Crippen LogP) is 5.55. The number of benzene rings is 3. The van der Waals surface area contributed by atoms with Crippen molar-refractivity contribution in [2.75, 3.05) is 10.6 Å². The molecule has 2 N–H and O–H groups in total. The number of nitrogens with one attached hydrogen (secondary N) is 2. The van der Waals surface area contributed by atoms with E-state index in [1.165, 1.54) is 6.92 Å². The summed E-state index contributed by atoms with van der Waals surface area (Å²) >= 11 is 6.27. The highest BCUT2D eigenvalue weighted by Crippen LogP contribution is 2.31. The number of carbonyl (C=O) groups excluding carboxylic acids is 1. The van der Waals surface area contributed by atoms with Gasteiger partial charge >= 0.3 is 0 Å². The molecule has 0 unspecified atom stereocenters. The Kier molecular flexibility index (Phi) is 5.77. The molecule has 4 rings (SSSR count). The third-order valence-electron chi connectivity index (χ3n) is 4.44. The van der Waals surface area contributed by atoms with Crippen LogP contribution in [0.1, 0.15) is 24.4 Å². The first-order valence-corrected chi connectivity index (χ1v) is 9.75. The minimum Gasteiger partial charge on any atom is -0.418 e. The molecule has 0 fully saturated rings. The number of aromatic nitrogens is 2. The fourth-order valence-corrected chi connectivity index (χ4v) is 3.26. The Morgan fingerprint density at radius 1 is 0.900 bits per heavy atom. The molecule has 1 aromatic heterocycles. The monoisotopic (exact) mass is 418 g/mol. The molecule has 150 valence electrons. The van der Waals surface area contributed by atoms with E-state index < -0.39 is 0 Å². The molecule has 1 amide bonds. The van der Waals surface area contributed by atoms with E-state index in [9.17, 15) is 4.79 Å². The molecule has 0 aliphatic carbocycles. The summed E-state index contributed by atoms with van der Waals surface area (Å²) in [4.78, 5) is 11.2. The second kappa shape index (κ2) is 8.80. The predicted molar refractivity (Wildman–Crippen MR) is 117 cm³/mol. The van der Waals surface area contributed by atoms with Crippen LogP contribution in [0, 0.1) is 0 Å². The summed E-state index contributed by atoms with van der Waals surface area (Å²) in [5.41, 5.74) is 3.22. The maximum atomic E-state index is 11.2. The van der Waals surface area contributed by atoms with E-state index in [2.05, 4.69) is 20.8 Å². The average Bonchev–Trinajstić information content (AvgIpc) is 3.23. The normalized spacial score (nSPS) is 11.7. The lowest BCUT2D eigenvalue weighted by molar-refractivity contribution is -0.114. The zero-order valence-corrected chi connectivity index (χ0v) is 16.9. The molecule has 0 spiro atoms. The van der Waals surface area contributed by atoms with E-state index in [1.54, 1.807) is 6.07 Å². The Bertz CT molecular complexity index is 1140. The van der Waals surface area contributed by atoms with Gasteiger partial charge in [0, 0.05) is 18.3 Å². The van der Waals surface area contributed by atoms with Gasteiger partial charge in [-0.05, 0) is 42.0 Å². The highest BCUT2D eigenvalue weighted by atomic mass is 35.5. The molecule has 7 heteroatoms. The minimum atomic E-state index is -0.360. The summed E-state index contributed by atoms with van der Waals surface area (Å²) < 4.78 is 5.99. The van der Waals surface area contributed by atoms with Gasteiger partial charge in [-0.15, -0.1) is 10.2 Å². The number of rotatable bonds is 6. The molecule has 0 saturated heterocycles. The molecular weight excluding hydrogens is 400 g/mol. The van der Waals surface area contributed by atoms with Crippen molar-refractivity contribution in [1.82, 2.24) is 10.2 Å². The third-order valence-corrected chi connectivity index (χ3v) is 4.77. The summed E-state index contributed by atoms with van der Waals surface area (Å²) in [7, 11) is 0. The Hall–Kier alpha value is -3.64.